The van der Waals surface area contributed by atoms with Crippen molar-refractivity contribution in [2.24, 2.45) is 0 Å². The summed E-state index contributed by atoms with van der Waals surface area (Å²) in [6.07, 6.45) is -3.06. The van der Waals surface area contributed by atoms with E-state index in [0.29, 0.717) is 18.8 Å². The number of halogens is 4. The molecule has 2 N–H and O–H groups in total. The van der Waals surface area contributed by atoms with Crippen molar-refractivity contribution in [2.45, 2.75) is 12.2 Å². The maximum Gasteiger partial charge on any atom is 0.405 e. The predicted octanol–water partition coefficient (Wildman–Crippen LogP) is 0.650. The first-order valence-electron chi connectivity index (χ1n) is 8.08. The van der Waals surface area contributed by atoms with Gasteiger partial charge in [0.15, 0.2) is 0 Å². The van der Waals surface area contributed by atoms with E-state index < -0.39 is 24.7 Å². The van der Waals surface area contributed by atoms with Gasteiger partial charge in [-0.15, -0.1) is 17.5 Å². The van der Waals surface area contributed by atoms with Gasteiger partial charge in [0.1, 0.15) is 12.4 Å². The molecule has 0 bridgehead atoms. The Hall–Kier alpha value is -2.24. The summed E-state index contributed by atoms with van der Waals surface area (Å²) in [7, 11) is 0. The Kier molecular flexibility index (Phi) is 7.11. The Morgan fingerprint density at radius 2 is 2.04 bits per heavy atom. The van der Waals surface area contributed by atoms with Crippen LogP contribution in [0.15, 0.2) is 30.6 Å². The summed E-state index contributed by atoms with van der Waals surface area (Å²) < 4.78 is 41.5. The van der Waals surface area contributed by atoms with Gasteiger partial charge >= 0.3 is 6.18 Å². The molecule has 1 atom stereocenters. The average molecular weight is 406 g/mol. The highest BCUT2D eigenvalue weighted by atomic mass is 35.5. The molecular weight excluding hydrogens is 387 g/mol. The molecule has 12 heteroatoms. The van der Waals surface area contributed by atoms with E-state index in [2.05, 4.69) is 26.2 Å². The van der Waals surface area contributed by atoms with Crippen LogP contribution in [0.1, 0.15) is 10.4 Å². The number of carbonyl (C=O) groups is 1. The molecule has 0 radical (unpaired) electrons. The molecule has 27 heavy (non-hydrogen) atoms. The van der Waals surface area contributed by atoms with Crippen molar-refractivity contribution in [2.75, 3.05) is 32.7 Å². The standard InChI is InChI=1S/C15H18F3N7O.ClH/c16-15(17,18)13(24-6-4-19-5-7-24)9-20-14(26)11-2-1-3-12(8-11)25-10-21-22-23-25;/h1-3,8,10,13,19H,4-7,9H2,(H,20,26);1H. The maximum absolute atomic E-state index is 13.4. The number of hydrogen-bond acceptors (Lipinski definition) is 6. The van der Waals surface area contributed by atoms with Crippen LogP contribution in [0.25, 0.3) is 5.69 Å². The van der Waals surface area contributed by atoms with E-state index in [1.165, 1.54) is 28.0 Å². The van der Waals surface area contributed by atoms with Crippen LogP contribution >= 0.6 is 12.4 Å². The van der Waals surface area contributed by atoms with Gasteiger partial charge in [0, 0.05) is 38.3 Å². The van der Waals surface area contributed by atoms with Crippen molar-refractivity contribution < 1.29 is 18.0 Å². The fourth-order valence-electron chi connectivity index (χ4n) is 2.81. The first-order valence-corrected chi connectivity index (χ1v) is 8.08. The Bertz CT molecular complexity index is 735. The van der Waals surface area contributed by atoms with Crippen molar-refractivity contribution in [3.8, 4) is 5.69 Å². The number of hydrogen-bond donors (Lipinski definition) is 2. The third-order valence-electron chi connectivity index (χ3n) is 4.15. The van der Waals surface area contributed by atoms with E-state index in [0.717, 1.165) is 0 Å². The summed E-state index contributed by atoms with van der Waals surface area (Å²) in [6.45, 7) is 1.06. The van der Waals surface area contributed by atoms with Crippen LogP contribution in [0.3, 0.4) is 0 Å². The number of aromatic nitrogens is 4. The number of carbonyl (C=O) groups excluding carboxylic acids is 1. The normalized spacial score (nSPS) is 16.4. The van der Waals surface area contributed by atoms with Crippen LogP contribution in [0, 0.1) is 0 Å². The number of benzene rings is 1. The van der Waals surface area contributed by atoms with Crippen LogP contribution in [0.2, 0.25) is 0 Å². The fourth-order valence-corrected chi connectivity index (χ4v) is 2.81. The van der Waals surface area contributed by atoms with Crippen LogP contribution < -0.4 is 10.6 Å². The molecule has 0 saturated carbocycles. The van der Waals surface area contributed by atoms with Crippen LogP contribution in [-0.2, 0) is 0 Å². The molecule has 0 spiro atoms. The van der Waals surface area contributed by atoms with Crippen LogP contribution in [0.5, 0.6) is 0 Å². The van der Waals surface area contributed by atoms with Gasteiger partial charge in [-0.05, 0) is 28.6 Å². The second-order valence-electron chi connectivity index (χ2n) is 5.86. The van der Waals surface area contributed by atoms with E-state index in [1.54, 1.807) is 12.1 Å². The van der Waals surface area contributed by atoms with E-state index in [4.69, 9.17) is 0 Å². The minimum absolute atomic E-state index is 0. The highest BCUT2D eigenvalue weighted by Gasteiger charge is 2.43. The van der Waals surface area contributed by atoms with Crippen LogP contribution in [-0.4, -0.2) is 76.0 Å². The zero-order chi connectivity index (χ0) is 18.6. The highest BCUT2D eigenvalue weighted by molar-refractivity contribution is 5.94. The third kappa shape index (κ3) is 5.37. The topological polar surface area (TPSA) is 88.0 Å². The molecule has 1 aliphatic heterocycles. The quantitative estimate of drug-likeness (QED) is 0.759. The smallest absolute Gasteiger partial charge is 0.350 e. The molecule has 1 fully saturated rings. The van der Waals surface area contributed by atoms with Crippen molar-refractivity contribution in [1.82, 2.24) is 35.7 Å². The Labute approximate surface area is 159 Å². The molecule has 8 nitrogen and oxygen atoms in total. The molecule has 1 saturated heterocycles. The molecule has 2 heterocycles. The number of rotatable bonds is 5. The van der Waals surface area contributed by atoms with Crippen molar-refractivity contribution in [1.29, 1.82) is 0 Å². The van der Waals surface area contributed by atoms with E-state index in [1.807, 2.05) is 0 Å². The van der Waals surface area contributed by atoms with E-state index in [-0.39, 0.29) is 31.1 Å². The van der Waals surface area contributed by atoms with Gasteiger partial charge in [-0.3, -0.25) is 9.69 Å². The summed E-state index contributed by atoms with van der Waals surface area (Å²) in [5.74, 6) is -0.579. The molecule has 3 rings (SSSR count). The second-order valence-corrected chi connectivity index (χ2v) is 5.86. The molecule has 148 valence electrons. The number of nitrogens with zero attached hydrogens (tertiary/aromatic N) is 5. The Morgan fingerprint density at radius 1 is 1.30 bits per heavy atom. The molecule has 1 amide bonds. The second kappa shape index (κ2) is 9.11. The van der Waals surface area contributed by atoms with E-state index >= 15 is 0 Å². The molecule has 1 unspecified atom stereocenters. The lowest BCUT2D eigenvalue weighted by molar-refractivity contribution is -0.183. The SMILES string of the molecule is Cl.O=C(NCC(N1CCNCC1)C(F)(F)F)c1cccc(-n2cnnn2)c1. The maximum atomic E-state index is 13.4. The van der Waals surface area contributed by atoms with Gasteiger partial charge in [-0.1, -0.05) is 6.07 Å². The number of nitrogens with one attached hydrogen (secondary N) is 2. The minimum Gasteiger partial charge on any atom is -0.350 e. The van der Waals surface area contributed by atoms with Crippen molar-refractivity contribution in [3.63, 3.8) is 0 Å². The minimum atomic E-state index is -4.42. The number of piperazine rings is 1. The molecular formula is C15H19ClF3N7O. The Balaban J connectivity index is 0.00000261. The zero-order valence-corrected chi connectivity index (χ0v) is 15.0. The largest absolute Gasteiger partial charge is 0.405 e. The summed E-state index contributed by atoms with van der Waals surface area (Å²) in [6, 6.07) is 4.63. The summed E-state index contributed by atoms with van der Waals surface area (Å²) in [4.78, 5) is 13.7. The number of alkyl halides is 3. The molecule has 1 aromatic carbocycles. The highest BCUT2D eigenvalue weighted by Crippen LogP contribution is 2.25. The van der Waals surface area contributed by atoms with Gasteiger partial charge in [-0.25, -0.2) is 4.68 Å². The van der Waals surface area contributed by atoms with E-state index in [9.17, 15) is 18.0 Å². The molecule has 1 aliphatic rings. The first kappa shape index (κ1) is 21.1. The zero-order valence-electron chi connectivity index (χ0n) is 14.2. The lowest BCUT2D eigenvalue weighted by Crippen LogP contribution is -2.57. The molecule has 2 aromatic rings. The lowest BCUT2D eigenvalue weighted by atomic mass is 10.1. The van der Waals surface area contributed by atoms with Gasteiger partial charge in [0.25, 0.3) is 5.91 Å². The van der Waals surface area contributed by atoms with Gasteiger partial charge in [0.05, 0.1) is 5.69 Å². The monoisotopic (exact) mass is 405 g/mol. The lowest BCUT2D eigenvalue weighted by Gasteiger charge is -2.35. The fraction of sp³-hybridized carbons (Fsp3) is 0.467. The number of amides is 1. The average Bonchev–Trinajstić information content (AvgIpc) is 3.16. The first-order chi connectivity index (χ1) is 12.4. The predicted molar refractivity (Wildman–Crippen MR) is 93.0 cm³/mol. The number of tetrazole rings is 1. The summed E-state index contributed by atoms with van der Waals surface area (Å²) in [5, 5.41) is 16.1. The Morgan fingerprint density at radius 3 is 2.67 bits per heavy atom. The summed E-state index contributed by atoms with van der Waals surface area (Å²) >= 11 is 0. The van der Waals surface area contributed by atoms with Gasteiger partial charge in [0.2, 0.25) is 0 Å². The van der Waals surface area contributed by atoms with Crippen LogP contribution in [0.4, 0.5) is 13.2 Å². The third-order valence-corrected chi connectivity index (χ3v) is 4.15. The molecule has 1 aromatic heterocycles. The van der Waals surface area contributed by atoms with Crippen molar-refractivity contribution in [3.05, 3.63) is 36.2 Å². The molecule has 0 aliphatic carbocycles. The van der Waals surface area contributed by atoms with Gasteiger partial charge < -0.3 is 10.6 Å². The van der Waals surface area contributed by atoms with Crippen molar-refractivity contribution >= 4 is 18.3 Å². The van der Waals surface area contributed by atoms with Gasteiger partial charge in [-0.2, -0.15) is 13.2 Å². The summed E-state index contributed by atoms with van der Waals surface area (Å²) in [5.41, 5.74) is 0.774.